The van der Waals surface area contributed by atoms with Crippen molar-refractivity contribution in [3.05, 3.63) is 59.9 Å². The maximum atomic E-state index is 11.3. The monoisotopic (exact) mass is 461 g/mol. The lowest BCUT2D eigenvalue weighted by Gasteiger charge is -2.39. The molecule has 1 fully saturated rings. The predicted molar refractivity (Wildman–Crippen MR) is 122 cm³/mol. The van der Waals surface area contributed by atoms with Crippen LogP contribution in [0.2, 0.25) is 0 Å². The van der Waals surface area contributed by atoms with Gasteiger partial charge in [0.05, 0.1) is 12.9 Å². The van der Waals surface area contributed by atoms with Crippen LogP contribution in [0.4, 0.5) is 5.69 Å². The quantitative estimate of drug-likeness (QED) is 0.661. The van der Waals surface area contributed by atoms with Crippen molar-refractivity contribution >= 4 is 40.5 Å². The number of sulfonamides is 1. The highest BCUT2D eigenvalue weighted by atomic mass is 35.5. The number of aromatic nitrogens is 1. The number of rotatable bonds is 7. The normalized spacial score (nSPS) is 19.7. The van der Waals surface area contributed by atoms with Gasteiger partial charge in [0, 0.05) is 36.6 Å². The Hall–Kier alpha value is -1.38. The first-order valence-corrected chi connectivity index (χ1v) is 11.2. The first kappa shape index (κ1) is 25.7. The lowest BCUT2D eigenvalue weighted by atomic mass is 9.85. The van der Waals surface area contributed by atoms with Crippen molar-refractivity contribution in [1.29, 1.82) is 0 Å². The van der Waals surface area contributed by atoms with Crippen molar-refractivity contribution in [3.8, 4) is 0 Å². The van der Waals surface area contributed by atoms with Gasteiger partial charge in [-0.2, -0.15) is 0 Å². The Labute approximate surface area is 185 Å². The number of benzene rings is 1. The Morgan fingerprint density at radius 3 is 2.48 bits per heavy atom. The fourth-order valence-corrected chi connectivity index (χ4v) is 4.29. The van der Waals surface area contributed by atoms with Crippen molar-refractivity contribution in [1.82, 2.24) is 9.88 Å². The number of halogens is 2. The van der Waals surface area contributed by atoms with Gasteiger partial charge in [0.2, 0.25) is 10.0 Å². The van der Waals surface area contributed by atoms with Gasteiger partial charge < -0.3 is 5.11 Å². The maximum Gasteiger partial charge on any atom is 0.229 e. The largest absolute Gasteiger partial charge is 0.395 e. The zero-order valence-corrected chi connectivity index (χ0v) is 18.8. The number of hydrogen-bond donors (Lipinski definition) is 2. The highest BCUT2D eigenvalue weighted by molar-refractivity contribution is 7.92. The molecular formula is C20H29Cl2N3O3S. The summed E-state index contributed by atoms with van der Waals surface area (Å²) >= 11 is 0. The van der Waals surface area contributed by atoms with Crippen molar-refractivity contribution < 1.29 is 13.5 Å². The van der Waals surface area contributed by atoms with Gasteiger partial charge in [0.1, 0.15) is 0 Å². The van der Waals surface area contributed by atoms with Crippen molar-refractivity contribution in [2.75, 3.05) is 30.7 Å². The van der Waals surface area contributed by atoms with Crippen LogP contribution in [0.15, 0.2) is 48.7 Å². The van der Waals surface area contributed by atoms with Gasteiger partial charge in [-0.25, -0.2) is 8.42 Å². The number of aliphatic hydroxyl groups excluding tert-OH is 1. The van der Waals surface area contributed by atoms with Gasteiger partial charge >= 0.3 is 0 Å². The van der Waals surface area contributed by atoms with E-state index in [1.165, 1.54) is 5.56 Å². The number of anilines is 1. The van der Waals surface area contributed by atoms with Crippen molar-refractivity contribution in [3.63, 3.8) is 0 Å². The summed E-state index contributed by atoms with van der Waals surface area (Å²) in [4.78, 5) is 6.72. The number of likely N-dealkylation sites (tertiary alicyclic amines) is 1. The van der Waals surface area contributed by atoms with E-state index < -0.39 is 10.0 Å². The van der Waals surface area contributed by atoms with E-state index in [4.69, 9.17) is 0 Å². The molecule has 1 aromatic carbocycles. The van der Waals surface area contributed by atoms with E-state index in [0.717, 1.165) is 44.3 Å². The topological polar surface area (TPSA) is 82.5 Å². The molecule has 2 aromatic rings. The second-order valence-electron chi connectivity index (χ2n) is 7.16. The number of aliphatic hydroxyl groups is 1. The Morgan fingerprint density at radius 2 is 1.90 bits per heavy atom. The van der Waals surface area contributed by atoms with Crippen LogP contribution < -0.4 is 4.72 Å². The molecule has 2 N–H and O–H groups in total. The molecule has 1 saturated heterocycles. The third-order valence-corrected chi connectivity index (χ3v) is 5.72. The van der Waals surface area contributed by atoms with Gasteiger partial charge in [-0.15, -0.1) is 24.8 Å². The Balaban J connectivity index is 0.00000210. The van der Waals surface area contributed by atoms with Crippen molar-refractivity contribution in [2.45, 2.75) is 31.2 Å². The van der Waals surface area contributed by atoms with Crippen LogP contribution >= 0.6 is 24.8 Å². The summed E-state index contributed by atoms with van der Waals surface area (Å²) in [5.74, 6) is 0.375. The number of pyridine rings is 1. The molecule has 9 heteroatoms. The average Bonchev–Trinajstić information content (AvgIpc) is 2.66. The number of nitrogens with one attached hydrogen (secondary N) is 1. The summed E-state index contributed by atoms with van der Waals surface area (Å²) in [7, 11) is -3.26. The number of hydrogen-bond acceptors (Lipinski definition) is 5. The van der Waals surface area contributed by atoms with Crippen LogP contribution in [-0.4, -0.2) is 55.4 Å². The molecule has 2 heterocycles. The van der Waals surface area contributed by atoms with Crippen LogP contribution in [0.25, 0.3) is 0 Å². The zero-order valence-electron chi connectivity index (χ0n) is 16.4. The van der Waals surface area contributed by atoms with Crippen LogP contribution in [-0.2, 0) is 16.4 Å². The maximum absolute atomic E-state index is 11.3. The van der Waals surface area contributed by atoms with Crippen LogP contribution in [0.5, 0.6) is 0 Å². The third-order valence-electron chi connectivity index (χ3n) is 5.12. The number of nitrogens with zero attached hydrogens (tertiary/aromatic N) is 2. The Morgan fingerprint density at radius 1 is 1.17 bits per heavy atom. The highest BCUT2D eigenvalue weighted by Crippen LogP contribution is 2.32. The van der Waals surface area contributed by atoms with Gasteiger partial charge in [0.15, 0.2) is 0 Å². The van der Waals surface area contributed by atoms with E-state index in [2.05, 4.69) is 14.6 Å². The van der Waals surface area contributed by atoms with Gasteiger partial charge in [-0.05, 0) is 55.1 Å². The first-order chi connectivity index (χ1) is 12.9. The summed E-state index contributed by atoms with van der Waals surface area (Å²) < 4.78 is 25.1. The molecule has 1 aliphatic heterocycles. The molecule has 0 amide bonds. The second-order valence-corrected chi connectivity index (χ2v) is 8.91. The molecule has 162 valence electrons. The van der Waals surface area contributed by atoms with E-state index >= 15 is 0 Å². The molecule has 2 atom stereocenters. The minimum atomic E-state index is -3.26. The molecule has 0 radical (unpaired) electrons. The van der Waals surface area contributed by atoms with Crippen LogP contribution in [0, 0.1) is 0 Å². The zero-order chi connectivity index (χ0) is 19.3. The van der Waals surface area contributed by atoms with E-state index in [1.807, 2.05) is 36.5 Å². The first-order valence-electron chi connectivity index (χ1n) is 9.27. The highest BCUT2D eigenvalue weighted by Gasteiger charge is 2.28. The summed E-state index contributed by atoms with van der Waals surface area (Å²) in [6.07, 6.45) is 5.77. The molecule has 3 rings (SSSR count). The summed E-state index contributed by atoms with van der Waals surface area (Å²) in [6.45, 7) is 1.98. The smallest absolute Gasteiger partial charge is 0.229 e. The van der Waals surface area contributed by atoms with E-state index in [0.29, 0.717) is 11.6 Å². The minimum Gasteiger partial charge on any atom is -0.395 e. The Kier molecular flexibility index (Phi) is 10.4. The lowest BCUT2D eigenvalue weighted by Crippen LogP contribution is -2.45. The third kappa shape index (κ3) is 7.75. The van der Waals surface area contributed by atoms with Gasteiger partial charge in [0.25, 0.3) is 0 Å². The standard InChI is InChI=1S/C20H27N3O3S.2ClH/c1-27(25,26)22-19-7-5-16(6-8-19)17-9-12-23(20(14-17)15-24)13-10-18-4-2-3-11-21-18;;/h2-8,11,17,20,22,24H,9-10,12-15H2,1H3;2*1H. The molecule has 0 bridgehead atoms. The SMILES string of the molecule is CS(=O)(=O)Nc1ccc(C2CCN(CCc3ccccn3)C(CO)C2)cc1.Cl.Cl. The molecule has 2 unspecified atom stereocenters. The van der Waals surface area contributed by atoms with Crippen molar-refractivity contribution in [2.24, 2.45) is 0 Å². The molecule has 1 aliphatic rings. The minimum absolute atomic E-state index is 0. The summed E-state index contributed by atoms with van der Waals surface area (Å²) in [6, 6.07) is 13.7. The summed E-state index contributed by atoms with van der Waals surface area (Å²) in [5, 5.41) is 9.86. The second kappa shape index (κ2) is 11.7. The van der Waals surface area contributed by atoms with Gasteiger partial charge in [-0.1, -0.05) is 18.2 Å². The van der Waals surface area contributed by atoms with E-state index in [1.54, 1.807) is 12.1 Å². The van der Waals surface area contributed by atoms with E-state index in [-0.39, 0.29) is 37.5 Å². The fourth-order valence-electron chi connectivity index (χ4n) is 3.73. The molecule has 0 saturated carbocycles. The van der Waals surface area contributed by atoms with Crippen LogP contribution in [0.1, 0.15) is 30.0 Å². The molecule has 29 heavy (non-hydrogen) atoms. The molecular weight excluding hydrogens is 433 g/mol. The number of piperidine rings is 1. The molecule has 1 aromatic heterocycles. The fraction of sp³-hybridized carbons (Fsp3) is 0.450. The average molecular weight is 462 g/mol. The Bertz CT molecular complexity index is 836. The lowest BCUT2D eigenvalue weighted by molar-refractivity contribution is 0.0817. The molecule has 6 nitrogen and oxygen atoms in total. The predicted octanol–water partition coefficient (Wildman–Crippen LogP) is 3.08. The summed E-state index contributed by atoms with van der Waals surface area (Å²) in [5.41, 5.74) is 2.84. The van der Waals surface area contributed by atoms with E-state index in [9.17, 15) is 13.5 Å². The molecule has 0 spiro atoms. The van der Waals surface area contributed by atoms with Crippen LogP contribution in [0.3, 0.4) is 0 Å². The van der Waals surface area contributed by atoms with Gasteiger partial charge in [-0.3, -0.25) is 14.6 Å². The molecule has 0 aliphatic carbocycles.